The Hall–Kier alpha value is -0.610. The number of likely N-dealkylation sites (N-methyl/N-ethyl adjacent to an activating group) is 1. The van der Waals surface area contributed by atoms with Gasteiger partial charge >= 0.3 is 5.97 Å². The molecule has 0 aromatic rings. The van der Waals surface area contributed by atoms with E-state index in [0.29, 0.717) is 6.04 Å². The lowest BCUT2D eigenvalue weighted by Gasteiger charge is -2.57. The average Bonchev–Trinajstić information content (AvgIpc) is 2.27. The molecule has 0 heterocycles. The van der Waals surface area contributed by atoms with Crippen LogP contribution in [-0.2, 0) is 4.79 Å². The Balaban J connectivity index is 1.78. The van der Waals surface area contributed by atoms with Crippen LogP contribution in [0.4, 0.5) is 0 Å². The van der Waals surface area contributed by atoms with Gasteiger partial charge in [0.25, 0.3) is 0 Å². The predicted molar refractivity (Wildman–Crippen MR) is 69.1 cm³/mol. The van der Waals surface area contributed by atoms with Crippen LogP contribution in [0.3, 0.4) is 0 Å². The highest BCUT2D eigenvalue weighted by Crippen LogP contribution is 2.55. The van der Waals surface area contributed by atoms with Crippen LogP contribution < -0.4 is 5.73 Å². The van der Waals surface area contributed by atoms with E-state index in [4.69, 9.17) is 5.73 Å². The van der Waals surface area contributed by atoms with Crippen molar-refractivity contribution in [2.75, 3.05) is 13.6 Å². The number of nitrogens with two attached hydrogens (primary N) is 1. The second-order valence-corrected chi connectivity index (χ2v) is 6.68. The van der Waals surface area contributed by atoms with Crippen molar-refractivity contribution in [2.24, 2.45) is 29.4 Å². The summed E-state index contributed by atoms with van der Waals surface area (Å²) in [7, 11) is 1.97. The van der Waals surface area contributed by atoms with Crippen LogP contribution in [0.1, 0.15) is 32.1 Å². The van der Waals surface area contributed by atoms with Gasteiger partial charge in [0.2, 0.25) is 0 Å². The molecule has 1 unspecified atom stereocenters. The highest BCUT2D eigenvalue weighted by molar-refractivity contribution is 5.73. The van der Waals surface area contributed by atoms with E-state index in [-0.39, 0.29) is 6.54 Å². The van der Waals surface area contributed by atoms with Crippen LogP contribution in [0.5, 0.6) is 0 Å². The zero-order chi connectivity index (χ0) is 12.9. The Labute approximate surface area is 109 Å². The van der Waals surface area contributed by atoms with E-state index >= 15 is 0 Å². The molecule has 102 valence electrons. The van der Waals surface area contributed by atoms with Gasteiger partial charge in [-0.2, -0.15) is 0 Å². The van der Waals surface area contributed by atoms with Gasteiger partial charge in [0, 0.05) is 12.6 Å². The van der Waals surface area contributed by atoms with E-state index in [1.807, 2.05) is 7.05 Å². The van der Waals surface area contributed by atoms with Crippen molar-refractivity contribution in [2.45, 2.75) is 44.2 Å². The number of carboxylic acids is 1. The second-order valence-electron chi connectivity index (χ2n) is 6.68. The largest absolute Gasteiger partial charge is 0.480 e. The van der Waals surface area contributed by atoms with Crippen LogP contribution in [0, 0.1) is 23.7 Å². The van der Waals surface area contributed by atoms with Crippen molar-refractivity contribution in [1.82, 2.24) is 4.90 Å². The maximum atomic E-state index is 11.3. The molecule has 0 aromatic heterocycles. The summed E-state index contributed by atoms with van der Waals surface area (Å²) in [5, 5.41) is 9.28. The number of rotatable bonds is 4. The van der Waals surface area contributed by atoms with E-state index in [1.54, 1.807) is 0 Å². The van der Waals surface area contributed by atoms with Gasteiger partial charge in [-0.15, -0.1) is 0 Å². The number of aliphatic carboxylic acids is 1. The van der Waals surface area contributed by atoms with E-state index < -0.39 is 12.0 Å². The third kappa shape index (κ3) is 1.86. The van der Waals surface area contributed by atoms with E-state index in [1.165, 1.54) is 32.1 Å². The molecule has 4 nitrogen and oxygen atoms in total. The number of nitrogens with zero attached hydrogens (tertiary/aromatic N) is 1. The maximum absolute atomic E-state index is 11.3. The molecule has 3 N–H and O–H groups in total. The van der Waals surface area contributed by atoms with Crippen molar-refractivity contribution < 1.29 is 9.90 Å². The van der Waals surface area contributed by atoms with Gasteiger partial charge in [-0.3, -0.25) is 9.69 Å². The highest BCUT2D eigenvalue weighted by atomic mass is 16.4. The Bertz CT molecular complexity index is 317. The third-order valence-corrected chi connectivity index (χ3v) is 5.65. The van der Waals surface area contributed by atoms with Crippen molar-refractivity contribution >= 4 is 5.97 Å². The normalized spacial score (nSPS) is 43.4. The minimum absolute atomic E-state index is 0.217. The Morgan fingerprint density at radius 1 is 1.22 bits per heavy atom. The quantitative estimate of drug-likeness (QED) is 0.788. The highest BCUT2D eigenvalue weighted by Gasteiger charge is 2.50. The summed E-state index contributed by atoms with van der Waals surface area (Å²) in [6, 6.07) is -0.0463. The van der Waals surface area contributed by atoms with Gasteiger partial charge < -0.3 is 10.8 Å². The van der Waals surface area contributed by atoms with Gasteiger partial charge in [0.05, 0.1) is 0 Å². The summed E-state index contributed by atoms with van der Waals surface area (Å²) in [5.41, 5.74) is 5.65. The standard InChI is InChI=1S/C14H24N2O2/c1-16(12(7-15)14(17)18)13-10-3-8-2-9(5-10)6-11(13)4-8/h8-13H,2-7,15H2,1H3,(H,17,18). The van der Waals surface area contributed by atoms with Gasteiger partial charge in [-0.1, -0.05) is 0 Å². The van der Waals surface area contributed by atoms with Crippen LogP contribution in [0.2, 0.25) is 0 Å². The first kappa shape index (κ1) is 12.4. The summed E-state index contributed by atoms with van der Waals surface area (Å²) in [5.74, 6) is 2.53. The molecule has 4 rings (SSSR count). The summed E-state index contributed by atoms with van der Waals surface area (Å²) in [6.45, 7) is 0.217. The summed E-state index contributed by atoms with van der Waals surface area (Å²) >= 11 is 0. The van der Waals surface area contributed by atoms with Crippen LogP contribution >= 0.6 is 0 Å². The molecule has 0 saturated heterocycles. The Morgan fingerprint density at radius 3 is 2.11 bits per heavy atom. The lowest BCUT2D eigenvalue weighted by atomic mass is 9.54. The van der Waals surface area contributed by atoms with Gasteiger partial charge in [-0.25, -0.2) is 0 Å². The average molecular weight is 252 g/mol. The molecule has 0 amide bonds. The maximum Gasteiger partial charge on any atom is 0.322 e. The lowest BCUT2D eigenvalue weighted by Crippen LogP contribution is -2.59. The summed E-state index contributed by atoms with van der Waals surface area (Å²) < 4.78 is 0. The summed E-state index contributed by atoms with van der Waals surface area (Å²) in [6.07, 6.45) is 6.71. The molecule has 4 aliphatic carbocycles. The lowest BCUT2D eigenvalue weighted by molar-refractivity contribution is -0.147. The number of carbonyl (C=O) groups is 1. The molecule has 4 fully saturated rings. The molecule has 0 spiro atoms. The first-order valence-corrected chi connectivity index (χ1v) is 7.25. The fraction of sp³-hybridized carbons (Fsp3) is 0.929. The molecule has 4 aliphatic rings. The Kier molecular flexibility index (Phi) is 3.10. The second kappa shape index (κ2) is 4.49. The molecule has 0 radical (unpaired) electrons. The SMILES string of the molecule is CN(C(CN)C(=O)O)C1C2CC3CC(C2)CC1C3. The van der Waals surface area contributed by atoms with E-state index in [0.717, 1.165) is 23.7 Å². The smallest absolute Gasteiger partial charge is 0.322 e. The predicted octanol–water partition coefficient (Wildman–Crippen LogP) is 1.15. The van der Waals surface area contributed by atoms with Gasteiger partial charge in [0.1, 0.15) is 6.04 Å². The summed E-state index contributed by atoms with van der Waals surface area (Å²) in [4.78, 5) is 13.4. The Morgan fingerprint density at radius 2 is 1.72 bits per heavy atom. The molecule has 18 heavy (non-hydrogen) atoms. The molecule has 0 aliphatic heterocycles. The van der Waals surface area contributed by atoms with Gasteiger partial charge in [-0.05, 0) is 62.8 Å². The van der Waals surface area contributed by atoms with Crippen molar-refractivity contribution in [3.05, 3.63) is 0 Å². The molecule has 4 heteroatoms. The number of carboxylic acid groups (broad SMARTS) is 1. The molecule has 0 aromatic carbocycles. The molecular formula is C14H24N2O2. The topological polar surface area (TPSA) is 66.6 Å². The number of hydrogen-bond donors (Lipinski definition) is 2. The molecule has 4 bridgehead atoms. The van der Waals surface area contributed by atoms with Crippen LogP contribution in [-0.4, -0.2) is 41.7 Å². The zero-order valence-electron chi connectivity index (χ0n) is 11.1. The monoisotopic (exact) mass is 252 g/mol. The first-order valence-electron chi connectivity index (χ1n) is 7.25. The third-order valence-electron chi connectivity index (χ3n) is 5.65. The zero-order valence-corrected chi connectivity index (χ0v) is 11.1. The van der Waals surface area contributed by atoms with Crippen molar-refractivity contribution in [3.8, 4) is 0 Å². The van der Waals surface area contributed by atoms with E-state index in [2.05, 4.69) is 4.90 Å². The van der Waals surface area contributed by atoms with Gasteiger partial charge in [0.15, 0.2) is 0 Å². The fourth-order valence-electron chi connectivity index (χ4n) is 5.21. The molecule has 1 atom stereocenters. The number of hydrogen-bond acceptors (Lipinski definition) is 3. The minimum atomic E-state index is -0.770. The van der Waals surface area contributed by atoms with Crippen LogP contribution in [0.15, 0.2) is 0 Å². The van der Waals surface area contributed by atoms with Crippen molar-refractivity contribution in [3.63, 3.8) is 0 Å². The fourth-order valence-corrected chi connectivity index (χ4v) is 5.21. The molecular weight excluding hydrogens is 228 g/mol. The van der Waals surface area contributed by atoms with E-state index in [9.17, 15) is 9.90 Å². The van der Waals surface area contributed by atoms with Crippen LogP contribution in [0.25, 0.3) is 0 Å². The first-order chi connectivity index (χ1) is 8.60. The van der Waals surface area contributed by atoms with Crippen molar-refractivity contribution in [1.29, 1.82) is 0 Å². The molecule has 4 saturated carbocycles. The minimum Gasteiger partial charge on any atom is -0.480 e.